The first-order valence-corrected chi connectivity index (χ1v) is 21.3. The maximum absolute atomic E-state index is 13.4. The molecule has 0 unspecified atom stereocenters. The van der Waals surface area contributed by atoms with Gasteiger partial charge in [0, 0.05) is 35.8 Å². The summed E-state index contributed by atoms with van der Waals surface area (Å²) in [4.78, 5) is 41.1. The van der Waals surface area contributed by atoms with Gasteiger partial charge < -0.3 is 20.4 Å². The first-order chi connectivity index (χ1) is 29.7. The summed E-state index contributed by atoms with van der Waals surface area (Å²) in [6, 6.07) is 48.5. The minimum absolute atomic E-state index is 0.223. The van der Waals surface area contributed by atoms with E-state index in [1.54, 1.807) is 0 Å². The van der Waals surface area contributed by atoms with Gasteiger partial charge in [0.1, 0.15) is 0 Å². The fourth-order valence-electron chi connectivity index (χ4n) is 7.23. The van der Waals surface area contributed by atoms with Crippen molar-refractivity contribution in [3.8, 4) is 0 Å². The lowest BCUT2D eigenvalue weighted by atomic mass is 9.99. The molecule has 0 saturated heterocycles. The van der Waals surface area contributed by atoms with E-state index >= 15 is 0 Å². The Labute approximate surface area is 355 Å². The van der Waals surface area contributed by atoms with Crippen molar-refractivity contribution in [2.45, 2.75) is 65.2 Å². The molecule has 0 atom stereocenters. The number of carbonyl (C=O) groups is 2. The van der Waals surface area contributed by atoms with E-state index in [0.29, 0.717) is 35.9 Å². The Balaban J connectivity index is 1.45. The zero-order valence-corrected chi connectivity index (χ0v) is 34.8. The average Bonchev–Trinajstić information content (AvgIpc) is 3.31. The minimum atomic E-state index is 0.223. The number of benzene rings is 4. The standard InChI is InChI=1S/C52H56N6O2/c1-3-5-7-21-35-53-51(49-33-31-45(37-55-49)57(41-23-13-9-14-24-41)42-25-15-10-16-26-42)47(39-59)48(40-60)52(54-36-22-8-6-4-2)50-34-32-46(38-56-50)58(43-27-17-11-18-28-43)44-29-19-12-20-30-44/h9-20,23-34,37-40,53-54H,3-8,21-22,35-36H2,1-2H3/b51-47-,52-48-. The van der Waals surface area contributed by atoms with Crippen LogP contribution in [0.2, 0.25) is 0 Å². The molecule has 306 valence electrons. The van der Waals surface area contributed by atoms with E-state index in [-0.39, 0.29) is 11.1 Å². The Morgan fingerprint density at radius 1 is 0.433 bits per heavy atom. The highest BCUT2D eigenvalue weighted by Crippen LogP contribution is 2.36. The summed E-state index contributed by atoms with van der Waals surface area (Å²) in [5.74, 6) is 0. The van der Waals surface area contributed by atoms with Crippen molar-refractivity contribution in [2.24, 2.45) is 0 Å². The van der Waals surface area contributed by atoms with Crippen LogP contribution in [0.1, 0.15) is 76.6 Å². The highest BCUT2D eigenvalue weighted by atomic mass is 16.1. The molecule has 0 aliphatic carbocycles. The van der Waals surface area contributed by atoms with Gasteiger partial charge in [-0.1, -0.05) is 125 Å². The lowest BCUT2D eigenvalue weighted by Crippen LogP contribution is -2.22. The second-order valence-corrected chi connectivity index (χ2v) is 14.6. The molecule has 0 aliphatic heterocycles. The molecule has 6 rings (SSSR count). The number of anilines is 6. The van der Waals surface area contributed by atoms with Gasteiger partial charge in [-0.3, -0.25) is 19.6 Å². The van der Waals surface area contributed by atoms with E-state index in [9.17, 15) is 9.59 Å². The van der Waals surface area contributed by atoms with Crippen LogP contribution < -0.4 is 20.4 Å². The van der Waals surface area contributed by atoms with Crippen LogP contribution in [0, 0.1) is 0 Å². The predicted molar refractivity (Wildman–Crippen MR) is 248 cm³/mol. The van der Waals surface area contributed by atoms with E-state index in [4.69, 9.17) is 9.97 Å². The minimum Gasteiger partial charge on any atom is -0.383 e. The average molecular weight is 797 g/mol. The molecule has 8 nitrogen and oxygen atoms in total. The monoisotopic (exact) mass is 796 g/mol. The van der Waals surface area contributed by atoms with Gasteiger partial charge in [0.25, 0.3) is 0 Å². The largest absolute Gasteiger partial charge is 0.383 e. The summed E-state index contributed by atoms with van der Waals surface area (Å²) in [5.41, 5.74) is 8.25. The van der Waals surface area contributed by atoms with Gasteiger partial charge in [-0.25, -0.2) is 0 Å². The first-order valence-electron chi connectivity index (χ1n) is 21.3. The molecule has 60 heavy (non-hydrogen) atoms. The Kier molecular flexibility index (Phi) is 16.4. The molecule has 0 aliphatic rings. The Bertz CT molecular complexity index is 2020. The molecule has 8 heteroatoms. The normalized spacial score (nSPS) is 11.8. The number of nitrogens with zero attached hydrogens (tertiary/aromatic N) is 4. The highest BCUT2D eigenvalue weighted by Gasteiger charge is 2.22. The molecule has 2 aromatic heterocycles. The van der Waals surface area contributed by atoms with Crippen molar-refractivity contribution < 1.29 is 9.59 Å². The van der Waals surface area contributed by atoms with Gasteiger partial charge in [-0.05, 0) is 85.6 Å². The smallest absolute Gasteiger partial charge is 0.153 e. The molecule has 0 saturated carbocycles. The summed E-state index contributed by atoms with van der Waals surface area (Å²) < 4.78 is 0. The van der Waals surface area contributed by atoms with Gasteiger partial charge in [-0.2, -0.15) is 0 Å². The van der Waals surface area contributed by atoms with Gasteiger partial charge in [0.15, 0.2) is 12.6 Å². The zero-order chi connectivity index (χ0) is 41.8. The molecular formula is C52H56N6O2. The third-order valence-electron chi connectivity index (χ3n) is 10.3. The summed E-state index contributed by atoms with van der Waals surface area (Å²) in [6.07, 6.45) is 13.5. The summed E-state index contributed by atoms with van der Waals surface area (Å²) >= 11 is 0. The lowest BCUT2D eigenvalue weighted by Gasteiger charge is -2.25. The van der Waals surface area contributed by atoms with Crippen molar-refractivity contribution in [2.75, 3.05) is 22.9 Å². The lowest BCUT2D eigenvalue weighted by molar-refractivity contribution is -0.107. The number of rotatable bonds is 23. The molecule has 0 amide bonds. The number of hydrogen-bond donors (Lipinski definition) is 2. The third kappa shape index (κ3) is 11.2. The fourth-order valence-corrected chi connectivity index (χ4v) is 7.23. The number of aromatic nitrogens is 2. The fraction of sp³-hybridized carbons (Fsp3) is 0.231. The number of hydrogen-bond acceptors (Lipinski definition) is 8. The van der Waals surface area contributed by atoms with Gasteiger partial charge in [-0.15, -0.1) is 0 Å². The van der Waals surface area contributed by atoms with Crippen molar-refractivity contribution in [1.82, 2.24) is 20.6 Å². The number of allylic oxidation sites excluding steroid dienone is 2. The Morgan fingerprint density at radius 3 is 1.03 bits per heavy atom. The van der Waals surface area contributed by atoms with E-state index in [1.165, 1.54) is 0 Å². The summed E-state index contributed by atoms with van der Waals surface area (Å²) in [6.45, 7) is 5.60. The number of carbonyl (C=O) groups excluding carboxylic acids is 2. The van der Waals surface area contributed by atoms with Crippen molar-refractivity contribution in [3.63, 3.8) is 0 Å². The van der Waals surface area contributed by atoms with Crippen molar-refractivity contribution >= 4 is 58.1 Å². The van der Waals surface area contributed by atoms with Gasteiger partial charge in [0.2, 0.25) is 0 Å². The van der Waals surface area contributed by atoms with E-state index < -0.39 is 0 Å². The summed E-state index contributed by atoms with van der Waals surface area (Å²) in [5, 5.41) is 7.10. The van der Waals surface area contributed by atoms with Crippen LogP contribution in [0.15, 0.2) is 169 Å². The molecule has 0 radical (unpaired) electrons. The van der Waals surface area contributed by atoms with Crippen LogP contribution in [-0.4, -0.2) is 35.6 Å². The number of para-hydroxylation sites is 4. The van der Waals surface area contributed by atoms with Crippen LogP contribution in [0.25, 0.3) is 11.4 Å². The molecule has 0 fully saturated rings. The van der Waals surface area contributed by atoms with E-state index in [1.807, 2.05) is 109 Å². The van der Waals surface area contributed by atoms with Crippen LogP contribution in [0.4, 0.5) is 34.1 Å². The molecule has 4 aromatic carbocycles. The van der Waals surface area contributed by atoms with E-state index in [0.717, 1.165) is 98.1 Å². The second kappa shape index (κ2) is 23.0. The molecule has 2 heterocycles. The Morgan fingerprint density at radius 2 is 0.767 bits per heavy atom. The maximum atomic E-state index is 13.4. The SMILES string of the molecule is CCCCCCN/C(=C(C=O)\C(C=O)=C(/NCCCCCC)c1ccc(N(c2ccccc2)c2ccccc2)cn1)c1ccc(N(c2ccccc2)c2ccccc2)cn1. The van der Waals surface area contributed by atoms with Crippen LogP contribution >= 0.6 is 0 Å². The van der Waals surface area contributed by atoms with Gasteiger partial charge >= 0.3 is 0 Å². The van der Waals surface area contributed by atoms with E-state index in [2.05, 4.69) is 82.8 Å². The molecule has 0 bridgehead atoms. The van der Waals surface area contributed by atoms with Crippen LogP contribution in [0.5, 0.6) is 0 Å². The van der Waals surface area contributed by atoms with Crippen LogP contribution in [-0.2, 0) is 9.59 Å². The van der Waals surface area contributed by atoms with Crippen molar-refractivity contribution in [1.29, 1.82) is 0 Å². The predicted octanol–water partition coefficient (Wildman–Crippen LogP) is 12.3. The van der Waals surface area contributed by atoms with Crippen molar-refractivity contribution in [3.05, 3.63) is 181 Å². The molecular weight excluding hydrogens is 741 g/mol. The maximum Gasteiger partial charge on any atom is 0.153 e. The zero-order valence-electron chi connectivity index (χ0n) is 34.8. The quantitative estimate of drug-likeness (QED) is 0.0287. The number of pyridine rings is 2. The Hall–Kier alpha value is -6.80. The third-order valence-corrected chi connectivity index (χ3v) is 10.3. The number of nitrogens with one attached hydrogen (secondary N) is 2. The summed E-state index contributed by atoms with van der Waals surface area (Å²) in [7, 11) is 0. The highest BCUT2D eigenvalue weighted by molar-refractivity contribution is 6.06. The van der Waals surface area contributed by atoms with Crippen LogP contribution in [0.3, 0.4) is 0 Å². The second-order valence-electron chi connectivity index (χ2n) is 14.6. The molecule has 2 N–H and O–H groups in total. The van der Waals surface area contributed by atoms with Gasteiger partial charge in [0.05, 0.1) is 57.7 Å². The number of aldehydes is 2. The topological polar surface area (TPSA) is 90.5 Å². The number of unbranched alkanes of at least 4 members (excludes halogenated alkanes) is 6. The molecule has 6 aromatic rings. The molecule has 0 spiro atoms. The first kappa shape index (κ1) is 42.8.